The Balaban J connectivity index is 1.49. The maximum absolute atomic E-state index is 13.2. The molecule has 5 rings (SSSR count). The van der Waals surface area contributed by atoms with E-state index in [1.54, 1.807) is 6.92 Å². The Morgan fingerprint density at radius 1 is 1.05 bits per heavy atom. The number of hydrogen-bond donors (Lipinski definition) is 2. The van der Waals surface area contributed by atoms with Crippen molar-refractivity contribution in [3.63, 3.8) is 0 Å². The molecule has 11 heteroatoms. The molecule has 2 aromatic carbocycles. The lowest BCUT2D eigenvalue weighted by Gasteiger charge is -2.16. The molecule has 0 spiro atoms. The average Bonchev–Trinajstić information content (AvgIpc) is 3.60. The Hall–Kier alpha value is -3.99. The van der Waals surface area contributed by atoms with Crippen LogP contribution in [0.3, 0.4) is 0 Å². The molecule has 1 amide bonds. The van der Waals surface area contributed by atoms with Crippen LogP contribution in [0.5, 0.6) is 0 Å². The number of aromatic nitrogens is 6. The van der Waals surface area contributed by atoms with Crippen molar-refractivity contribution in [2.45, 2.75) is 51.0 Å². The third-order valence-electron chi connectivity index (χ3n) is 6.25. The molecule has 1 saturated carbocycles. The average molecular weight is 518 g/mol. The molecule has 0 saturated heterocycles. The van der Waals surface area contributed by atoms with Crippen LogP contribution in [0.25, 0.3) is 22.5 Å². The van der Waals surface area contributed by atoms with Gasteiger partial charge in [0.1, 0.15) is 5.82 Å². The van der Waals surface area contributed by atoms with Crippen LogP contribution in [-0.4, -0.2) is 44.9 Å². The van der Waals surface area contributed by atoms with Crippen molar-refractivity contribution in [1.82, 2.24) is 35.3 Å². The predicted molar refractivity (Wildman–Crippen MR) is 137 cm³/mol. The molecule has 2 aromatic heterocycles. The molecule has 2 heterocycles. The quantitative estimate of drug-likeness (QED) is 0.322. The number of tetrazole rings is 1. The second-order valence-corrected chi connectivity index (χ2v) is 10.7. The SMILES string of the molecule is CCCc1nc(C)nc(S(=O)(=O)NC(=O)C2CC2)c1Cc1ccc(-c2ccccc2-c2nn[nH]n2)cc1. The lowest BCUT2D eigenvalue weighted by molar-refractivity contribution is -0.120. The number of amides is 1. The fourth-order valence-electron chi connectivity index (χ4n) is 4.29. The first-order valence-electron chi connectivity index (χ1n) is 12.2. The highest BCUT2D eigenvalue weighted by atomic mass is 32.2. The first kappa shape index (κ1) is 24.7. The predicted octanol–water partition coefficient (Wildman–Crippen LogP) is 3.39. The number of sulfonamides is 1. The minimum Gasteiger partial charge on any atom is -0.274 e. The number of aryl methyl sites for hydroxylation is 2. The minimum absolute atomic E-state index is 0.121. The molecule has 10 nitrogen and oxygen atoms in total. The standard InChI is InChI=1S/C26H27N7O3S/c1-3-6-23-22(26(28-16(2)27-23)37(35,36)31-25(34)19-13-14-19)15-17-9-11-18(12-10-17)20-7-4-5-8-21(20)24-29-32-33-30-24/h4-5,7-12,19H,3,6,13-15H2,1-2H3,(H,31,34)(H,29,30,32,33). The highest BCUT2D eigenvalue weighted by Crippen LogP contribution is 2.31. The molecular formula is C26H27N7O3S. The largest absolute Gasteiger partial charge is 0.281 e. The monoisotopic (exact) mass is 517 g/mol. The van der Waals surface area contributed by atoms with Gasteiger partial charge < -0.3 is 0 Å². The molecular weight excluding hydrogens is 490 g/mol. The summed E-state index contributed by atoms with van der Waals surface area (Å²) in [5, 5.41) is 14.2. The van der Waals surface area contributed by atoms with Gasteiger partial charge in [-0.25, -0.2) is 14.7 Å². The first-order chi connectivity index (χ1) is 17.9. The van der Waals surface area contributed by atoms with Gasteiger partial charge in [0, 0.05) is 29.2 Å². The Bertz CT molecular complexity index is 1530. The summed E-state index contributed by atoms with van der Waals surface area (Å²) < 4.78 is 28.7. The van der Waals surface area contributed by atoms with Gasteiger partial charge in [-0.1, -0.05) is 61.9 Å². The van der Waals surface area contributed by atoms with Crippen LogP contribution in [0.2, 0.25) is 0 Å². The zero-order valence-corrected chi connectivity index (χ0v) is 21.4. The Morgan fingerprint density at radius 3 is 2.43 bits per heavy atom. The van der Waals surface area contributed by atoms with E-state index in [4.69, 9.17) is 0 Å². The van der Waals surface area contributed by atoms with Crippen molar-refractivity contribution in [2.24, 2.45) is 5.92 Å². The molecule has 0 aliphatic heterocycles. The van der Waals surface area contributed by atoms with Crippen LogP contribution in [0.4, 0.5) is 0 Å². The van der Waals surface area contributed by atoms with E-state index in [1.807, 2.05) is 55.5 Å². The van der Waals surface area contributed by atoms with Crippen LogP contribution in [0, 0.1) is 12.8 Å². The normalized spacial score (nSPS) is 13.5. The molecule has 4 aromatic rings. The molecule has 0 bridgehead atoms. The lowest BCUT2D eigenvalue weighted by atomic mass is 9.96. The summed E-state index contributed by atoms with van der Waals surface area (Å²) in [6.07, 6.45) is 3.13. The van der Waals surface area contributed by atoms with Gasteiger partial charge in [-0.2, -0.15) is 13.6 Å². The van der Waals surface area contributed by atoms with Gasteiger partial charge in [0.2, 0.25) is 11.7 Å². The molecule has 0 unspecified atom stereocenters. The summed E-state index contributed by atoms with van der Waals surface area (Å²) in [6, 6.07) is 15.6. The number of H-pyrrole nitrogens is 1. The summed E-state index contributed by atoms with van der Waals surface area (Å²) in [6.45, 7) is 3.68. The fraction of sp³-hybridized carbons (Fsp3) is 0.308. The second kappa shape index (κ2) is 10.2. The second-order valence-electron chi connectivity index (χ2n) is 9.15. The molecule has 37 heavy (non-hydrogen) atoms. The number of nitrogens with one attached hydrogen (secondary N) is 2. The van der Waals surface area contributed by atoms with E-state index in [0.29, 0.717) is 48.6 Å². The highest BCUT2D eigenvalue weighted by Gasteiger charge is 2.34. The maximum Gasteiger partial charge on any atom is 0.281 e. The van der Waals surface area contributed by atoms with Crippen molar-refractivity contribution in [3.8, 4) is 22.5 Å². The van der Waals surface area contributed by atoms with E-state index in [-0.39, 0.29) is 10.9 Å². The van der Waals surface area contributed by atoms with Gasteiger partial charge in [-0.05, 0) is 48.1 Å². The van der Waals surface area contributed by atoms with Gasteiger partial charge >= 0.3 is 0 Å². The third kappa shape index (κ3) is 5.41. The zero-order chi connectivity index (χ0) is 26.0. The lowest BCUT2D eigenvalue weighted by Crippen LogP contribution is -2.33. The Labute approximate surface area is 215 Å². The number of benzene rings is 2. The van der Waals surface area contributed by atoms with E-state index in [1.165, 1.54) is 0 Å². The van der Waals surface area contributed by atoms with Crippen LogP contribution in [0.1, 0.15) is 48.8 Å². The molecule has 2 N–H and O–H groups in total. The third-order valence-corrected chi connectivity index (χ3v) is 7.57. The molecule has 0 radical (unpaired) electrons. The van der Waals surface area contributed by atoms with E-state index in [9.17, 15) is 13.2 Å². The number of carbonyl (C=O) groups is 1. The summed E-state index contributed by atoms with van der Waals surface area (Å²) in [5.74, 6) is 0.159. The maximum atomic E-state index is 13.2. The van der Waals surface area contributed by atoms with Crippen molar-refractivity contribution < 1.29 is 13.2 Å². The Morgan fingerprint density at radius 2 is 1.78 bits per heavy atom. The van der Waals surface area contributed by atoms with Crippen LogP contribution < -0.4 is 4.72 Å². The van der Waals surface area contributed by atoms with Gasteiger partial charge in [-0.3, -0.25) is 4.79 Å². The van der Waals surface area contributed by atoms with E-state index in [2.05, 4.69) is 35.3 Å². The molecule has 190 valence electrons. The topological polar surface area (TPSA) is 143 Å². The van der Waals surface area contributed by atoms with Crippen LogP contribution in [-0.2, 0) is 27.7 Å². The highest BCUT2D eigenvalue weighted by molar-refractivity contribution is 7.90. The number of nitrogens with zero attached hydrogens (tertiary/aromatic N) is 5. The number of hydrogen-bond acceptors (Lipinski definition) is 8. The van der Waals surface area contributed by atoms with Gasteiger partial charge in [-0.15, -0.1) is 10.2 Å². The van der Waals surface area contributed by atoms with Crippen molar-refractivity contribution in [3.05, 3.63) is 71.2 Å². The molecule has 1 aliphatic carbocycles. The summed E-state index contributed by atoms with van der Waals surface area (Å²) in [4.78, 5) is 21.1. The summed E-state index contributed by atoms with van der Waals surface area (Å²) in [5.41, 5.74) is 4.86. The van der Waals surface area contributed by atoms with Crippen molar-refractivity contribution >= 4 is 15.9 Å². The zero-order valence-electron chi connectivity index (χ0n) is 20.6. The van der Waals surface area contributed by atoms with Crippen LogP contribution in [0.15, 0.2) is 53.6 Å². The first-order valence-corrected chi connectivity index (χ1v) is 13.7. The summed E-state index contributed by atoms with van der Waals surface area (Å²) in [7, 11) is -4.13. The summed E-state index contributed by atoms with van der Waals surface area (Å²) >= 11 is 0. The number of carbonyl (C=O) groups excluding carboxylic acids is 1. The van der Waals surface area contributed by atoms with Gasteiger partial charge in [0.15, 0.2) is 5.03 Å². The van der Waals surface area contributed by atoms with E-state index < -0.39 is 15.9 Å². The number of rotatable bonds is 9. The minimum atomic E-state index is -4.13. The van der Waals surface area contributed by atoms with E-state index >= 15 is 0 Å². The molecule has 0 atom stereocenters. The van der Waals surface area contributed by atoms with Gasteiger partial charge in [0.25, 0.3) is 10.0 Å². The Kier molecular flexibility index (Phi) is 6.79. The molecule has 1 fully saturated rings. The van der Waals surface area contributed by atoms with Crippen LogP contribution >= 0.6 is 0 Å². The van der Waals surface area contributed by atoms with E-state index in [0.717, 1.165) is 28.7 Å². The van der Waals surface area contributed by atoms with Crippen molar-refractivity contribution in [2.75, 3.05) is 0 Å². The van der Waals surface area contributed by atoms with Gasteiger partial charge in [0.05, 0.1) is 0 Å². The molecule has 1 aliphatic rings. The fourth-order valence-corrected chi connectivity index (χ4v) is 5.59. The smallest absolute Gasteiger partial charge is 0.274 e. The van der Waals surface area contributed by atoms with Crippen molar-refractivity contribution in [1.29, 1.82) is 0 Å². The number of aromatic amines is 1.